The van der Waals surface area contributed by atoms with E-state index < -0.39 is 18.0 Å². The molecular weight excluding hydrogens is 466 g/mol. The van der Waals surface area contributed by atoms with Crippen LogP contribution in [-0.2, 0) is 16.0 Å². The summed E-state index contributed by atoms with van der Waals surface area (Å²) in [5.74, 6) is -1.01. The fourth-order valence-corrected chi connectivity index (χ4v) is 4.08. The van der Waals surface area contributed by atoms with E-state index in [-0.39, 0.29) is 18.3 Å². The molecule has 0 spiro atoms. The quantitative estimate of drug-likeness (QED) is 0.229. The predicted octanol–water partition coefficient (Wildman–Crippen LogP) is 5.32. The lowest BCUT2D eigenvalue weighted by atomic mass is 10.2. The number of hydrogen-bond acceptors (Lipinski definition) is 6. The van der Waals surface area contributed by atoms with E-state index in [0.717, 1.165) is 16.4 Å². The zero-order valence-corrected chi connectivity index (χ0v) is 19.3. The highest BCUT2D eigenvalue weighted by molar-refractivity contribution is 6.35. The molecule has 1 atom stereocenters. The Labute approximate surface area is 205 Å². The molecule has 5 aromatic rings. The predicted molar refractivity (Wildman–Crippen MR) is 132 cm³/mol. The van der Waals surface area contributed by atoms with Crippen molar-refractivity contribution in [1.82, 2.24) is 14.5 Å². The fraction of sp³-hybridized carbons (Fsp3) is 0.111. The highest BCUT2D eigenvalue weighted by Gasteiger charge is 2.22. The number of pyridine rings is 1. The number of carbonyl (C=O) groups is 2. The number of hydrogen-bond donors (Lipinski definition) is 0. The van der Waals surface area contributed by atoms with Crippen molar-refractivity contribution in [1.29, 1.82) is 0 Å². The van der Waals surface area contributed by atoms with Crippen molar-refractivity contribution in [3.63, 3.8) is 0 Å². The Bertz CT molecular complexity index is 1500. The van der Waals surface area contributed by atoms with Gasteiger partial charge in [0, 0.05) is 5.39 Å². The molecule has 0 fully saturated rings. The van der Waals surface area contributed by atoms with Gasteiger partial charge in [0.1, 0.15) is 12.1 Å². The summed E-state index contributed by atoms with van der Waals surface area (Å²) in [6.45, 7) is 0.0597. The van der Waals surface area contributed by atoms with Gasteiger partial charge in [-0.2, -0.15) is 0 Å². The number of ether oxygens (including phenoxy) is 2. The van der Waals surface area contributed by atoms with E-state index in [2.05, 4.69) is 9.97 Å². The average molecular weight is 486 g/mol. The highest BCUT2D eigenvalue weighted by atomic mass is 35.5. The van der Waals surface area contributed by atoms with Gasteiger partial charge in [-0.3, -0.25) is 0 Å². The van der Waals surface area contributed by atoms with E-state index in [1.807, 2.05) is 41.0 Å². The second kappa shape index (κ2) is 9.95. The van der Waals surface area contributed by atoms with Crippen LogP contribution in [0.25, 0.3) is 21.9 Å². The maximum Gasteiger partial charge on any atom is 0.338 e. The third kappa shape index (κ3) is 4.85. The first-order valence-corrected chi connectivity index (χ1v) is 11.4. The minimum Gasteiger partial charge on any atom is -0.458 e. The summed E-state index contributed by atoms with van der Waals surface area (Å²) in [5.41, 5.74) is 2.84. The van der Waals surface area contributed by atoms with Crippen molar-refractivity contribution in [2.75, 3.05) is 6.61 Å². The van der Waals surface area contributed by atoms with Gasteiger partial charge in [0.05, 0.1) is 35.0 Å². The Morgan fingerprint density at radius 2 is 1.49 bits per heavy atom. The summed E-state index contributed by atoms with van der Waals surface area (Å²) < 4.78 is 13.1. The Balaban J connectivity index is 1.45. The normalized spacial score (nSPS) is 11.9. The van der Waals surface area contributed by atoms with Gasteiger partial charge in [0.25, 0.3) is 0 Å². The first-order chi connectivity index (χ1) is 17.1. The molecule has 3 aromatic carbocycles. The second-order valence-electron chi connectivity index (χ2n) is 7.87. The summed E-state index contributed by atoms with van der Waals surface area (Å²) >= 11 is 6.38. The first-order valence-electron chi connectivity index (χ1n) is 11.0. The Hall–Kier alpha value is -4.23. The van der Waals surface area contributed by atoms with E-state index in [9.17, 15) is 9.59 Å². The number of nitrogens with zero attached hydrogens (tertiary/aromatic N) is 3. The highest BCUT2D eigenvalue weighted by Crippen LogP contribution is 2.28. The lowest BCUT2D eigenvalue weighted by molar-refractivity contribution is -0.00486. The topological polar surface area (TPSA) is 83.3 Å². The summed E-state index contributed by atoms with van der Waals surface area (Å²) in [6, 6.07) is 24.9. The van der Waals surface area contributed by atoms with Crippen molar-refractivity contribution in [3.8, 4) is 0 Å². The molecule has 0 aliphatic heterocycles. The minimum absolute atomic E-state index is 0.136. The van der Waals surface area contributed by atoms with Crippen LogP contribution in [0.3, 0.4) is 0 Å². The van der Waals surface area contributed by atoms with Gasteiger partial charge in [-0.1, -0.05) is 66.2 Å². The number of esters is 2. The van der Waals surface area contributed by atoms with Crippen LogP contribution < -0.4 is 0 Å². The zero-order chi connectivity index (χ0) is 24.2. The molecule has 7 nitrogen and oxygen atoms in total. The maximum atomic E-state index is 12.8. The molecule has 0 amide bonds. The summed E-state index contributed by atoms with van der Waals surface area (Å²) in [7, 11) is 0. The van der Waals surface area contributed by atoms with Gasteiger partial charge in [-0.25, -0.2) is 19.6 Å². The molecule has 0 saturated carbocycles. The molecule has 0 radical (unpaired) electrons. The Kier molecular flexibility index (Phi) is 6.41. The number of halogens is 1. The number of imidazole rings is 1. The average Bonchev–Trinajstić information content (AvgIpc) is 3.32. The third-order valence-corrected chi connectivity index (χ3v) is 5.77. The summed E-state index contributed by atoms with van der Waals surface area (Å²) in [5, 5.41) is 1.14. The van der Waals surface area contributed by atoms with Crippen molar-refractivity contribution in [2.45, 2.75) is 12.6 Å². The summed E-state index contributed by atoms with van der Waals surface area (Å²) in [6.07, 6.45) is 0.839. The molecular formula is C27H20ClN3O4. The molecule has 0 aliphatic rings. The van der Waals surface area contributed by atoms with Crippen molar-refractivity contribution in [2.24, 2.45) is 0 Å². The Morgan fingerprint density at radius 3 is 2.20 bits per heavy atom. The number of fused-ring (bicyclic) bond motifs is 3. The molecule has 0 aliphatic carbocycles. The minimum atomic E-state index is -0.779. The number of benzene rings is 3. The molecule has 0 N–H and O–H groups in total. The van der Waals surface area contributed by atoms with Crippen LogP contribution in [0.15, 0.2) is 91.3 Å². The van der Waals surface area contributed by atoms with E-state index in [1.54, 1.807) is 54.9 Å². The van der Waals surface area contributed by atoms with Gasteiger partial charge < -0.3 is 14.0 Å². The number of carbonyl (C=O) groups excluding carboxylic acids is 2. The lowest BCUT2D eigenvalue weighted by Gasteiger charge is -2.19. The van der Waals surface area contributed by atoms with E-state index >= 15 is 0 Å². The van der Waals surface area contributed by atoms with Gasteiger partial charge >= 0.3 is 11.9 Å². The van der Waals surface area contributed by atoms with Crippen LogP contribution in [-0.4, -0.2) is 39.2 Å². The van der Waals surface area contributed by atoms with Crippen LogP contribution in [0.2, 0.25) is 5.15 Å². The monoisotopic (exact) mass is 485 g/mol. The van der Waals surface area contributed by atoms with E-state index in [0.29, 0.717) is 16.6 Å². The molecule has 2 heterocycles. The van der Waals surface area contributed by atoms with Crippen LogP contribution in [0.1, 0.15) is 20.7 Å². The van der Waals surface area contributed by atoms with Gasteiger partial charge in [-0.15, -0.1) is 0 Å². The lowest BCUT2D eigenvalue weighted by Crippen LogP contribution is -2.29. The van der Waals surface area contributed by atoms with Gasteiger partial charge in [0.2, 0.25) is 0 Å². The zero-order valence-electron chi connectivity index (χ0n) is 18.5. The number of rotatable bonds is 7. The molecule has 35 heavy (non-hydrogen) atoms. The molecule has 0 saturated heterocycles. The smallest absolute Gasteiger partial charge is 0.338 e. The third-order valence-electron chi connectivity index (χ3n) is 5.50. The SMILES string of the molecule is O=C(OCC(Cn1cnc2c(Cl)nc3ccccc3c21)OC(=O)c1ccccc1)c1ccccc1. The van der Waals surface area contributed by atoms with Crippen LogP contribution >= 0.6 is 11.6 Å². The van der Waals surface area contributed by atoms with Crippen LogP contribution in [0, 0.1) is 0 Å². The standard InChI is InChI=1S/C27H20ClN3O4/c28-25-23-24(21-13-7-8-14-22(21)30-25)31(17-29-23)15-20(35-27(33)19-11-5-2-6-12-19)16-34-26(32)18-9-3-1-4-10-18/h1-14,17,20H,15-16H2. The van der Waals surface area contributed by atoms with E-state index in [4.69, 9.17) is 21.1 Å². The molecule has 2 aromatic heterocycles. The first kappa shape index (κ1) is 22.6. The maximum absolute atomic E-state index is 12.8. The second-order valence-corrected chi connectivity index (χ2v) is 8.23. The number of para-hydroxylation sites is 1. The van der Waals surface area contributed by atoms with Crippen molar-refractivity contribution < 1.29 is 19.1 Å². The van der Waals surface area contributed by atoms with Crippen molar-refractivity contribution >= 4 is 45.5 Å². The molecule has 1 unspecified atom stereocenters. The molecule has 0 bridgehead atoms. The van der Waals surface area contributed by atoms with Gasteiger partial charge in [-0.05, 0) is 30.3 Å². The number of aromatic nitrogens is 3. The molecule has 174 valence electrons. The Morgan fingerprint density at radius 1 is 0.857 bits per heavy atom. The van der Waals surface area contributed by atoms with Crippen LogP contribution in [0.5, 0.6) is 0 Å². The molecule has 5 rings (SSSR count). The largest absolute Gasteiger partial charge is 0.458 e. The van der Waals surface area contributed by atoms with Crippen molar-refractivity contribution in [3.05, 3.63) is 108 Å². The van der Waals surface area contributed by atoms with E-state index in [1.165, 1.54) is 0 Å². The fourth-order valence-electron chi connectivity index (χ4n) is 3.85. The van der Waals surface area contributed by atoms with Crippen LogP contribution in [0.4, 0.5) is 0 Å². The molecule has 8 heteroatoms. The van der Waals surface area contributed by atoms with Gasteiger partial charge in [0.15, 0.2) is 11.3 Å². The summed E-state index contributed by atoms with van der Waals surface area (Å²) in [4.78, 5) is 34.2.